The van der Waals surface area contributed by atoms with Crippen molar-refractivity contribution in [2.24, 2.45) is 5.92 Å². The Morgan fingerprint density at radius 3 is 2.56 bits per heavy atom. The lowest BCUT2D eigenvalue weighted by Gasteiger charge is -2.36. The smallest absolute Gasteiger partial charge is 0.304 e. The molecule has 2 aliphatic rings. The van der Waals surface area contributed by atoms with Gasteiger partial charge in [-0.25, -0.2) is 0 Å². The van der Waals surface area contributed by atoms with Gasteiger partial charge < -0.3 is 19.3 Å². The number of methoxy groups -OCH3 is 1. The van der Waals surface area contributed by atoms with E-state index in [0.29, 0.717) is 37.6 Å². The Bertz CT molecular complexity index is 1070. The van der Waals surface area contributed by atoms with E-state index in [9.17, 15) is 14.4 Å². The van der Waals surface area contributed by atoms with E-state index >= 15 is 0 Å². The second-order valence-corrected chi connectivity index (χ2v) is 9.37. The fraction of sp³-hybridized carbons (Fsp3) is 0.464. The first-order valence-corrected chi connectivity index (χ1v) is 12.5. The molecule has 2 amide bonds. The molecule has 8 nitrogen and oxygen atoms in total. The topological polar surface area (TPSA) is 102 Å². The summed E-state index contributed by atoms with van der Waals surface area (Å²) in [5.41, 5.74) is 2.10. The third-order valence-electron chi connectivity index (χ3n) is 6.88. The maximum atomic E-state index is 12.8. The SMILES string of the molecule is COc1cc(CCOC2CCCCC2N2C(=O)C[C@H](CC(=O)O)C2=O)ccc1OCc1ccccc1. The Morgan fingerprint density at radius 1 is 1.03 bits per heavy atom. The Balaban J connectivity index is 1.33. The first-order chi connectivity index (χ1) is 17.5. The quantitative estimate of drug-likeness (QED) is 0.470. The number of carbonyl (C=O) groups excluding carboxylic acids is 2. The predicted molar refractivity (Wildman–Crippen MR) is 132 cm³/mol. The van der Waals surface area contributed by atoms with Gasteiger partial charge in [-0.3, -0.25) is 19.3 Å². The summed E-state index contributed by atoms with van der Waals surface area (Å²) in [5.74, 6) is -1.18. The molecule has 3 atom stereocenters. The zero-order valence-electron chi connectivity index (χ0n) is 20.6. The van der Waals surface area contributed by atoms with Gasteiger partial charge in [0, 0.05) is 6.42 Å². The molecule has 2 aromatic carbocycles. The van der Waals surface area contributed by atoms with Crippen molar-refractivity contribution in [1.82, 2.24) is 4.90 Å². The zero-order valence-corrected chi connectivity index (χ0v) is 20.6. The number of benzene rings is 2. The molecule has 2 fully saturated rings. The van der Waals surface area contributed by atoms with E-state index in [4.69, 9.17) is 19.3 Å². The van der Waals surface area contributed by atoms with Crippen LogP contribution in [0.1, 0.15) is 49.7 Å². The summed E-state index contributed by atoms with van der Waals surface area (Å²) in [6, 6.07) is 15.4. The van der Waals surface area contributed by atoms with Gasteiger partial charge in [0.25, 0.3) is 0 Å². The molecule has 2 unspecified atom stereocenters. The Hall–Kier alpha value is -3.39. The molecule has 36 heavy (non-hydrogen) atoms. The van der Waals surface area contributed by atoms with Crippen molar-refractivity contribution < 1.29 is 33.7 Å². The molecule has 0 spiro atoms. The van der Waals surface area contributed by atoms with Gasteiger partial charge in [-0.2, -0.15) is 0 Å². The second kappa shape index (κ2) is 12.0. The largest absolute Gasteiger partial charge is 0.493 e. The maximum absolute atomic E-state index is 12.8. The molecule has 2 aromatic rings. The van der Waals surface area contributed by atoms with Crippen molar-refractivity contribution in [2.45, 2.75) is 63.7 Å². The predicted octanol–water partition coefficient (Wildman–Crippen LogP) is 3.99. The lowest BCUT2D eigenvalue weighted by Crippen LogP contribution is -2.49. The first-order valence-electron chi connectivity index (χ1n) is 12.5. The lowest BCUT2D eigenvalue weighted by molar-refractivity contribution is -0.150. The molecule has 1 saturated carbocycles. The molecule has 1 heterocycles. The highest BCUT2D eigenvalue weighted by Crippen LogP contribution is 2.33. The van der Waals surface area contributed by atoms with Crippen molar-refractivity contribution in [3.63, 3.8) is 0 Å². The highest BCUT2D eigenvalue weighted by molar-refractivity contribution is 6.05. The molecule has 0 radical (unpaired) electrons. The molecule has 1 aliphatic carbocycles. The van der Waals surface area contributed by atoms with Crippen LogP contribution in [0.4, 0.5) is 0 Å². The van der Waals surface area contributed by atoms with Gasteiger partial charge in [-0.05, 0) is 42.5 Å². The van der Waals surface area contributed by atoms with E-state index in [1.54, 1.807) is 7.11 Å². The monoisotopic (exact) mass is 495 g/mol. The van der Waals surface area contributed by atoms with Crippen LogP contribution in [0.5, 0.6) is 11.5 Å². The third kappa shape index (κ3) is 6.23. The molecule has 0 aromatic heterocycles. The fourth-order valence-electron chi connectivity index (χ4n) is 5.05. The number of carboxylic acids is 1. The summed E-state index contributed by atoms with van der Waals surface area (Å²) >= 11 is 0. The van der Waals surface area contributed by atoms with Crippen molar-refractivity contribution in [1.29, 1.82) is 0 Å². The van der Waals surface area contributed by atoms with Crippen LogP contribution in [-0.2, 0) is 32.1 Å². The van der Waals surface area contributed by atoms with Crippen LogP contribution in [0.25, 0.3) is 0 Å². The number of hydrogen-bond donors (Lipinski definition) is 1. The molecule has 4 rings (SSSR count). The first kappa shape index (κ1) is 25.7. The van der Waals surface area contributed by atoms with Crippen LogP contribution in [0.2, 0.25) is 0 Å². The van der Waals surface area contributed by atoms with Gasteiger partial charge in [0.05, 0.1) is 38.2 Å². The van der Waals surface area contributed by atoms with E-state index in [2.05, 4.69) is 0 Å². The maximum Gasteiger partial charge on any atom is 0.304 e. The van der Waals surface area contributed by atoms with Crippen molar-refractivity contribution >= 4 is 17.8 Å². The molecule has 0 bridgehead atoms. The normalized spacial score (nSPS) is 22.0. The van der Waals surface area contributed by atoms with Crippen LogP contribution < -0.4 is 9.47 Å². The Morgan fingerprint density at radius 2 is 1.81 bits per heavy atom. The van der Waals surface area contributed by atoms with E-state index in [-0.39, 0.29) is 36.8 Å². The molecular formula is C28H33NO7. The van der Waals surface area contributed by atoms with Gasteiger partial charge >= 0.3 is 5.97 Å². The average molecular weight is 496 g/mol. The van der Waals surface area contributed by atoms with E-state index < -0.39 is 11.9 Å². The summed E-state index contributed by atoms with van der Waals surface area (Å²) in [7, 11) is 1.61. The number of nitrogens with zero attached hydrogens (tertiary/aromatic N) is 1. The standard InChI is InChI=1S/C28H33NO7/c1-34-25-15-19(11-12-24(25)36-18-20-7-3-2-4-8-20)13-14-35-23-10-6-5-9-22(23)29-26(30)16-21(28(29)33)17-27(31)32/h2-4,7-8,11-12,15,21-23H,5-6,9-10,13-14,16-18H2,1H3,(H,31,32)/t21-,22?,23?/m1/s1. The zero-order chi connectivity index (χ0) is 25.5. The summed E-state index contributed by atoms with van der Waals surface area (Å²) in [5, 5.41) is 9.06. The molecule has 8 heteroatoms. The van der Waals surface area contributed by atoms with Crippen LogP contribution in [0.15, 0.2) is 48.5 Å². The number of carboxylic acid groups (broad SMARTS) is 1. The van der Waals surface area contributed by atoms with E-state index in [1.165, 1.54) is 4.90 Å². The number of likely N-dealkylation sites (tertiary alicyclic amines) is 1. The molecule has 192 valence electrons. The molecular weight excluding hydrogens is 462 g/mol. The molecule has 1 N–H and O–H groups in total. The van der Waals surface area contributed by atoms with Gasteiger partial charge in [-0.1, -0.05) is 49.2 Å². The van der Waals surface area contributed by atoms with Crippen LogP contribution in [-0.4, -0.2) is 53.7 Å². The highest BCUT2D eigenvalue weighted by atomic mass is 16.5. The van der Waals surface area contributed by atoms with Gasteiger partial charge in [-0.15, -0.1) is 0 Å². The van der Waals surface area contributed by atoms with Gasteiger partial charge in [0.2, 0.25) is 11.8 Å². The van der Waals surface area contributed by atoms with Crippen molar-refractivity contribution in [2.75, 3.05) is 13.7 Å². The summed E-state index contributed by atoms with van der Waals surface area (Å²) < 4.78 is 17.7. The third-order valence-corrected chi connectivity index (χ3v) is 6.88. The van der Waals surface area contributed by atoms with E-state index in [1.807, 2.05) is 48.5 Å². The fourth-order valence-corrected chi connectivity index (χ4v) is 5.05. The number of carbonyl (C=O) groups is 3. The van der Waals surface area contributed by atoms with Crippen LogP contribution in [0.3, 0.4) is 0 Å². The minimum Gasteiger partial charge on any atom is -0.493 e. The second-order valence-electron chi connectivity index (χ2n) is 9.37. The van der Waals surface area contributed by atoms with Crippen LogP contribution >= 0.6 is 0 Å². The average Bonchev–Trinajstić information content (AvgIpc) is 3.15. The summed E-state index contributed by atoms with van der Waals surface area (Å²) in [6.07, 6.45) is 3.38. The number of aliphatic carboxylic acids is 1. The Labute approximate surface area is 211 Å². The number of imide groups is 1. The summed E-state index contributed by atoms with van der Waals surface area (Å²) in [6.45, 7) is 0.882. The number of rotatable bonds is 11. The number of hydrogen-bond acceptors (Lipinski definition) is 6. The minimum atomic E-state index is -1.06. The van der Waals surface area contributed by atoms with E-state index in [0.717, 1.165) is 30.4 Å². The van der Waals surface area contributed by atoms with Gasteiger partial charge in [0.15, 0.2) is 11.5 Å². The van der Waals surface area contributed by atoms with Crippen molar-refractivity contribution in [3.05, 3.63) is 59.7 Å². The minimum absolute atomic E-state index is 0.0349. The summed E-state index contributed by atoms with van der Waals surface area (Å²) in [4.78, 5) is 37.8. The molecule has 1 aliphatic heterocycles. The van der Waals surface area contributed by atoms with Crippen LogP contribution in [0, 0.1) is 5.92 Å². The lowest BCUT2D eigenvalue weighted by atomic mass is 9.91. The number of ether oxygens (including phenoxy) is 3. The van der Waals surface area contributed by atoms with Gasteiger partial charge in [0.1, 0.15) is 6.61 Å². The van der Waals surface area contributed by atoms with Crippen molar-refractivity contribution in [3.8, 4) is 11.5 Å². The Kier molecular flexibility index (Phi) is 8.59. The number of amides is 2. The highest BCUT2D eigenvalue weighted by Gasteiger charge is 2.46. The molecule has 1 saturated heterocycles.